The van der Waals surface area contributed by atoms with Crippen LogP contribution in [0.5, 0.6) is 0 Å². The van der Waals surface area contributed by atoms with E-state index in [2.05, 4.69) is 19.1 Å². The molecule has 0 fully saturated rings. The van der Waals surface area contributed by atoms with Gasteiger partial charge in [0.05, 0.1) is 39.0 Å². The first-order chi connectivity index (χ1) is 20.3. The average molecular weight is 596 g/mol. The molecular formula is C35H65NO6. The molecule has 0 saturated heterocycles. The molecule has 0 atom stereocenters. The highest BCUT2D eigenvalue weighted by atomic mass is 16.4. The molecule has 246 valence electrons. The van der Waals surface area contributed by atoms with E-state index in [1.807, 2.05) is 0 Å². The van der Waals surface area contributed by atoms with E-state index in [1.165, 1.54) is 109 Å². The monoisotopic (exact) mass is 595 g/mol. The van der Waals surface area contributed by atoms with Crippen LogP contribution >= 0.6 is 0 Å². The SMILES string of the molecule is CCCCCCCCCCCCCCCCCCC/C=C/CC[N+](CCCC(=O)[O-])(CCCC(=O)O)CCCC(=O)O. The van der Waals surface area contributed by atoms with Crippen molar-refractivity contribution >= 4 is 17.9 Å². The third-order valence-electron chi connectivity index (χ3n) is 8.47. The maximum absolute atomic E-state index is 11.1. The summed E-state index contributed by atoms with van der Waals surface area (Å²) in [4.78, 5) is 33.1. The lowest BCUT2D eigenvalue weighted by Crippen LogP contribution is -2.51. The van der Waals surface area contributed by atoms with Gasteiger partial charge in [0.2, 0.25) is 0 Å². The fourth-order valence-electron chi connectivity index (χ4n) is 5.93. The van der Waals surface area contributed by atoms with Crippen LogP contribution in [-0.4, -0.2) is 58.8 Å². The van der Waals surface area contributed by atoms with Gasteiger partial charge in [0.1, 0.15) is 0 Å². The highest BCUT2D eigenvalue weighted by Gasteiger charge is 2.26. The number of allylic oxidation sites excluding steroid dienone is 1. The minimum Gasteiger partial charge on any atom is -0.550 e. The van der Waals surface area contributed by atoms with E-state index in [0.717, 1.165) is 19.4 Å². The number of hydrogen-bond donors (Lipinski definition) is 2. The zero-order chi connectivity index (χ0) is 31.2. The van der Waals surface area contributed by atoms with Gasteiger partial charge >= 0.3 is 11.9 Å². The summed E-state index contributed by atoms with van der Waals surface area (Å²) in [6, 6.07) is 0. The summed E-state index contributed by atoms with van der Waals surface area (Å²) in [5, 5.41) is 29.1. The van der Waals surface area contributed by atoms with E-state index in [4.69, 9.17) is 10.2 Å². The summed E-state index contributed by atoms with van der Waals surface area (Å²) < 4.78 is 0.567. The molecule has 7 nitrogen and oxygen atoms in total. The van der Waals surface area contributed by atoms with Crippen molar-refractivity contribution in [3.05, 3.63) is 12.2 Å². The molecule has 0 radical (unpaired) electrons. The zero-order valence-electron chi connectivity index (χ0n) is 27.1. The molecule has 0 aromatic heterocycles. The Bertz CT molecular complexity index is 643. The van der Waals surface area contributed by atoms with Crippen LogP contribution in [0.15, 0.2) is 12.2 Å². The minimum absolute atomic E-state index is 0.0347. The lowest BCUT2D eigenvalue weighted by Gasteiger charge is -2.39. The third-order valence-corrected chi connectivity index (χ3v) is 8.47. The zero-order valence-corrected chi connectivity index (χ0v) is 27.1. The molecule has 0 aliphatic heterocycles. The second kappa shape index (κ2) is 29.2. The van der Waals surface area contributed by atoms with Crippen molar-refractivity contribution in [2.75, 3.05) is 26.2 Å². The first kappa shape index (κ1) is 40.1. The predicted octanol–water partition coefficient (Wildman–Crippen LogP) is 8.05. The van der Waals surface area contributed by atoms with Crippen molar-refractivity contribution < 1.29 is 34.2 Å². The minimum atomic E-state index is -1.09. The quantitative estimate of drug-likeness (QED) is 0.0451. The number of carboxylic acids is 3. The van der Waals surface area contributed by atoms with Gasteiger partial charge in [-0.25, -0.2) is 0 Å². The number of rotatable bonds is 33. The Hall–Kier alpha value is -1.89. The summed E-state index contributed by atoms with van der Waals surface area (Å²) in [5.41, 5.74) is 0. The molecule has 7 heteroatoms. The van der Waals surface area contributed by atoms with E-state index in [1.54, 1.807) is 0 Å². The van der Waals surface area contributed by atoms with E-state index in [0.29, 0.717) is 43.4 Å². The van der Waals surface area contributed by atoms with Gasteiger partial charge in [0.15, 0.2) is 0 Å². The number of nitrogens with zero attached hydrogens (tertiary/aromatic N) is 1. The van der Waals surface area contributed by atoms with Gasteiger partial charge in [0.25, 0.3) is 0 Å². The van der Waals surface area contributed by atoms with E-state index < -0.39 is 17.9 Å². The van der Waals surface area contributed by atoms with Gasteiger partial charge in [-0.15, -0.1) is 0 Å². The van der Waals surface area contributed by atoms with Crippen LogP contribution in [0.1, 0.15) is 167 Å². The van der Waals surface area contributed by atoms with Gasteiger partial charge in [-0.1, -0.05) is 122 Å². The second-order valence-electron chi connectivity index (χ2n) is 12.4. The largest absolute Gasteiger partial charge is 0.550 e. The number of carbonyl (C=O) groups is 3. The Labute approximate surface area is 257 Å². The molecule has 0 rings (SSSR count). The lowest BCUT2D eigenvalue weighted by molar-refractivity contribution is -0.928. The van der Waals surface area contributed by atoms with Crippen molar-refractivity contribution in [2.45, 2.75) is 167 Å². The molecule has 0 amide bonds. The summed E-state index contributed by atoms with van der Waals surface area (Å²) >= 11 is 0. The standard InChI is InChI=1S/C35H65NO6/c1-2-3-4-5-6-7-8-9-10-11-12-13-14-15-16-17-18-19-20-21-22-29-36(30-23-26-33(37)38,31-24-27-34(39)40)32-25-28-35(41)42/h20-21H,2-19,22-32H2,1H3,(H2-,37,38,39,40,41,42)/b21-20+. The summed E-state index contributed by atoms with van der Waals surface area (Å²) in [7, 11) is 0. The smallest absolute Gasteiger partial charge is 0.303 e. The van der Waals surface area contributed by atoms with E-state index in [-0.39, 0.29) is 19.3 Å². The fourth-order valence-corrected chi connectivity index (χ4v) is 5.93. The Morgan fingerprint density at radius 2 is 0.857 bits per heavy atom. The number of unbranched alkanes of at least 4 members (excludes halogenated alkanes) is 17. The molecule has 2 N–H and O–H groups in total. The molecule has 0 heterocycles. The maximum atomic E-state index is 11.1. The van der Waals surface area contributed by atoms with Crippen molar-refractivity contribution in [3.63, 3.8) is 0 Å². The van der Waals surface area contributed by atoms with Gasteiger partial charge in [-0.3, -0.25) is 9.59 Å². The topological polar surface area (TPSA) is 115 Å². The Balaban J connectivity index is 4.09. The third kappa shape index (κ3) is 28.2. The van der Waals surface area contributed by atoms with Crippen molar-refractivity contribution in [1.82, 2.24) is 0 Å². The van der Waals surface area contributed by atoms with Crippen molar-refractivity contribution in [3.8, 4) is 0 Å². The lowest BCUT2D eigenvalue weighted by atomic mass is 10.0. The van der Waals surface area contributed by atoms with Crippen LogP contribution in [0, 0.1) is 0 Å². The molecule has 0 bridgehead atoms. The molecule has 0 unspecified atom stereocenters. The van der Waals surface area contributed by atoms with Gasteiger partial charge in [0, 0.05) is 31.7 Å². The van der Waals surface area contributed by atoms with Crippen molar-refractivity contribution in [2.24, 2.45) is 0 Å². The molecule has 0 aromatic carbocycles. The first-order valence-corrected chi connectivity index (χ1v) is 17.4. The fraction of sp³-hybridized carbons (Fsp3) is 0.857. The number of quaternary nitrogens is 1. The maximum Gasteiger partial charge on any atom is 0.303 e. The van der Waals surface area contributed by atoms with Crippen LogP contribution in [0.2, 0.25) is 0 Å². The van der Waals surface area contributed by atoms with Crippen molar-refractivity contribution in [1.29, 1.82) is 0 Å². The highest BCUT2D eigenvalue weighted by molar-refractivity contribution is 5.66. The normalized spacial score (nSPS) is 11.8. The molecule has 0 aliphatic carbocycles. The Morgan fingerprint density at radius 1 is 0.500 bits per heavy atom. The van der Waals surface area contributed by atoms with Gasteiger partial charge in [-0.05, 0) is 19.3 Å². The number of carbonyl (C=O) groups excluding carboxylic acids is 1. The molecule has 0 saturated carbocycles. The van der Waals surface area contributed by atoms with Crippen LogP contribution in [-0.2, 0) is 14.4 Å². The second-order valence-corrected chi connectivity index (χ2v) is 12.4. The molecule has 0 aromatic rings. The van der Waals surface area contributed by atoms with Crippen LogP contribution < -0.4 is 5.11 Å². The summed E-state index contributed by atoms with van der Waals surface area (Å²) in [5.74, 6) is -2.78. The number of hydrogen-bond acceptors (Lipinski definition) is 4. The van der Waals surface area contributed by atoms with Crippen LogP contribution in [0.3, 0.4) is 0 Å². The first-order valence-electron chi connectivity index (χ1n) is 17.4. The van der Waals surface area contributed by atoms with Gasteiger partial charge in [-0.2, -0.15) is 0 Å². The van der Waals surface area contributed by atoms with Crippen LogP contribution in [0.25, 0.3) is 0 Å². The molecule has 0 aliphatic rings. The molecular weight excluding hydrogens is 530 g/mol. The predicted molar refractivity (Wildman–Crippen MR) is 170 cm³/mol. The Kier molecular flexibility index (Phi) is 27.9. The van der Waals surface area contributed by atoms with E-state index >= 15 is 0 Å². The average Bonchev–Trinajstić information content (AvgIpc) is 2.93. The Morgan fingerprint density at radius 3 is 1.24 bits per heavy atom. The number of aliphatic carboxylic acids is 3. The summed E-state index contributed by atoms with van der Waals surface area (Å²) in [6.07, 6.45) is 31.1. The van der Waals surface area contributed by atoms with Gasteiger partial charge < -0.3 is 24.6 Å². The van der Waals surface area contributed by atoms with E-state index in [9.17, 15) is 19.5 Å². The number of carboxylic acid groups (broad SMARTS) is 3. The highest BCUT2D eigenvalue weighted by Crippen LogP contribution is 2.18. The summed E-state index contributed by atoms with van der Waals surface area (Å²) in [6.45, 7) is 4.87. The molecule has 42 heavy (non-hydrogen) atoms. The molecule has 0 spiro atoms. The van der Waals surface area contributed by atoms with Crippen LogP contribution in [0.4, 0.5) is 0 Å².